The van der Waals surface area contributed by atoms with Gasteiger partial charge in [0, 0.05) is 5.56 Å². The van der Waals surface area contributed by atoms with E-state index in [1.165, 1.54) is 6.08 Å². The van der Waals surface area contributed by atoms with Crippen molar-refractivity contribution in [2.75, 3.05) is 6.61 Å². The van der Waals surface area contributed by atoms with Crippen LogP contribution >= 0.6 is 0 Å². The number of ether oxygens (including phenoxy) is 1. The van der Waals surface area contributed by atoms with E-state index in [1.54, 1.807) is 24.3 Å². The molecule has 0 N–H and O–H groups in total. The number of benzene rings is 2. The zero-order chi connectivity index (χ0) is 14.2. The molecule has 0 spiro atoms. The van der Waals surface area contributed by atoms with E-state index < -0.39 is 5.83 Å². The van der Waals surface area contributed by atoms with Gasteiger partial charge in [0.15, 0.2) is 0 Å². The number of carbonyl (C=O) groups is 1. The van der Waals surface area contributed by atoms with Gasteiger partial charge in [0.25, 0.3) is 0 Å². The van der Waals surface area contributed by atoms with Crippen LogP contribution in [0.1, 0.15) is 11.1 Å². The Bertz CT molecular complexity index is 576. The number of hydrogen-bond acceptors (Lipinski definition) is 2. The first kappa shape index (κ1) is 14.0. The molecule has 0 fully saturated rings. The van der Waals surface area contributed by atoms with Gasteiger partial charge in [-0.15, -0.1) is 0 Å². The molecule has 2 aromatic rings. The summed E-state index contributed by atoms with van der Waals surface area (Å²) in [7, 11) is 0. The second-order valence-electron chi connectivity index (χ2n) is 4.26. The predicted molar refractivity (Wildman–Crippen MR) is 76.6 cm³/mol. The molecule has 0 aliphatic rings. The SMILES string of the molecule is O=C(Cc1ccccc1)OC/C=C(\F)c1ccccc1. The standard InChI is InChI=1S/C17H15FO2/c18-16(15-9-5-2-6-10-15)11-12-20-17(19)13-14-7-3-1-4-8-14/h1-11H,12-13H2/b16-11-. The van der Waals surface area contributed by atoms with Crippen LogP contribution in [0.15, 0.2) is 66.7 Å². The van der Waals surface area contributed by atoms with Crippen LogP contribution in [0.2, 0.25) is 0 Å². The summed E-state index contributed by atoms with van der Waals surface area (Å²) < 4.78 is 18.7. The van der Waals surface area contributed by atoms with Crippen molar-refractivity contribution in [2.45, 2.75) is 6.42 Å². The molecule has 2 aromatic carbocycles. The summed E-state index contributed by atoms with van der Waals surface area (Å²) in [6.45, 7) is -0.0631. The summed E-state index contributed by atoms with van der Waals surface area (Å²) in [4.78, 5) is 11.6. The number of carbonyl (C=O) groups excluding carboxylic acids is 1. The molecule has 0 saturated heterocycles. The zero-order valence-corrected chi connectivity index (χ0v) is 11.0. The number of hydrogen-bond donors (Lipinski definition) is 0. The van der Waals surface area contributed by atoms with Crippen LogP contribution in [0.4, 0.5) is 4.39 Å². The fourth-order valence-electron chi connectivity index (χ4n) is 1.74. The van der Waals surface area contributed by atoms with Crippen LogP contribution in [-0.4, -0.2) is 12.6 Å². The molecule has 0 heterocycles. The lowest BCUT2D eigenvalue weighted by Crippen LogP contribution is -2.07. The topological polar surface area (TPSA) is 26.3 Å². The Labute approximate surface area is 117 Å². The summed E-state index contributed by atoms with van der Waals surface area (Å²) in [5, 5.41) is 0. The average Bonchev–Trinajstić information content (AvgIpc) is 2.49. The Hall–Kier alpha value is -2.42. The third-order valence-corrected chi connectivity index (χ3v) is 2.75. The van der Waals surface area contributed by atoms with Gasteiger partial charge >= 0.3 is 5.97 Å². The van der Waals surface area contributed by atoms with Crippen molar-refractivity contribution >= 4 is 11.8 Å². The highest BCUT2D eigenvalue weighted by Gasteiger charge is 2.04. The van der Waals surface area contributed by atoms with Crippen LogP contribution in [0.3, 0.4) is 0 Å². The minimum absolute atomic E-state index is 0.0631. The van der Waals surface area contributed by atoms with Crippen LogP contribution in [0, 0.1) is 0 Å². The van der Waals surface area contributed by atoms with Gasteiger partial charge in [-0.2, -0.15) is 0 Å². The second-order valence-corrected chi connectivity index (χ2v) is 4.26. The fourth-order valence-corrected chi connectivity index (χ4v) is 1.74. The Kier molecular flexibility index (Phi) is 5.07. The first-order chi connectivity index (χ1) is 9.75. The van der Waals surface area contributed by atoms with Gasteiger partial charge in [0.2, 0.25) is 0 Å². The Morgan fingerprint density at radius 2 is 1.60 bits per heavy atom. The lowest BCUT2D eigenvalue weighted by molar-refractivity contribution is -0.141. The molecule has 0 aliphatic heterocycles. The molecule has 0 saturated carbocycles. The predicted octanol–water partition coefficient (Wildman–Crippen LogP) is 3.78. The molecule has 20 heavy (non-hydrogen) atoms. The van der Waals surface area contributed by atoms with Crippen molar-refractivity contribution in [3.8, 4) is 0 Å². The van der Waals surface area contributed by atoms with Gasteiger partial charge in [-0.1, -0.05) is 60.7 Å². The van der Waals surface area contributed by atoms with Crippen LogP contribution < -0.4 is 0 Å². The third kappa shape index (κ3) is 4.35. The number of halogens is 1. The summed E-state index contributed by atoms with van der Waals surface area (Å²) in [6, 6.07) is 17.9. The van der Waals surface area contributed by atoms with Crippen LogP contribution in [0.25, 0.3) is 5.83 Å². The molecule has 0 bridgehead atoms. The zero-order valence-electron chi connectivity index (χ0n) is 11.0. The summed E-state index contributed by atoms with van der Waals surface area (Å²) in [5.74, 6) is -0.758. The van der Waals surface area contributed by atoms with Crippen molar-refractivity contribution in [1.82, 2.24) is 0 Å². The van der Waals surface area contributed by atoms with Crippen LogP contribution in [0.5, 0.6) is 0 Å². The van der Waals surface area contributed by atoms with E-state index in [2.05, 4.69) is 0 Å². The van der Waals surface area contributed by atoms with E-state index in [-0.39, 0.29) is 19.0 Å². The van der Waals surface area contributed by atoms with E-state index in [4.69, 9.17) is 4.74 Å². The van der Waals surface area contributed by atoms with Crippen molar-refractivity contribution in [2.24, 2.45) is 0 Å². The smallest absolute Gasteiger partial charge is 0.310 e. The van der Waals surface area contributed by atoms with Crippen molar-refractivity contribution in [1.29, 1.82) is 0 Å². The number of esters is 1. The molecule has 0 atom stereocenters. The van der Waals surface area contributed by atoms with Gasteiger partial charge in [0.05, 0.1) is 6.42 Å². The largest absolute Gasteiger partial charge is 0.461 e. The molecule has 0 aliphatic carbocycles. The maximum atomic E-state index is 13.7. The molecule has 2 rings (SSSR count). The van der Waals surface area contributed by atoms with Gasteiger partial charge in [-0.25, -0.2) is 4.39 Å². The van der Waals surface area contributed by atoms with E-state index in [9.17, 15) is 9.18 Å². The summed E-state index contributed by atoms with van der Waals surface area (Å²) in [6.07, 6.45) is 1.46. The Balaban J connectivity index is 1.82. The minimum Gasteiger partial charge on any atom is -0.461 e. The lowest BCUT2D eigenvalue weighted by atomic mass is 10.2. The quantitative estimate of drug-likeness (QED) is 0.773. The molecule has 0 aromatic heterocycles. The highest BCUT2D eigenvalue weighted by molar-refractivity contribution is 5.72. The van der Waals surface area contributed by atoms with E-state index in [0.29, 0.717) is 5.56 Å². The average molecular weight is 270 g/mol. The van der Waals surface area contributed by atoms with Gasteiger partial charge in [-0.05, 0) is 11.6 Å². The number of rotatable bonds is 5. The molecule has 0 unspecified atom stereocenters. The molecule has 0 radical (unpaired) electrons. The monoisotopic (exact) mass is 270 g/mol. The summed E-state index contributed by atoms with van der Waals surface area (Å²) in [5.41, 5.74) is 1.36. The molecule has 0 amide bonds. The van der Waals surface area contributed by atoms with Crippen molar-refractivity contribution in [3.63, 3.8) is 0 Å². The van der Waals surface area contributed by atoms with E-state index in [0.717, 1.165) is 5.56 Å². The molecular formula is C17H15FO2. The minimum atomic E-state index is -0.391. The fraction of sp³-hybridized carbons (Fsp3) is 0.118. The normalized spacial score (nSPS) is 11.2. The van der Waals surface area contributed by atoms with E-state index in [1.807, 2.05) is 36.4 Å². The van der Waals surface area contributed by atoms with Crippen LogP contribution in [-0.2, 0) is 16.0 Å². The maximum Gasteiger partial charge on any atom is 0.310 e. The molecule has 2 nitrogen and oxygen atoms in total. The highest BCUT2D eigenvalue weighted by atomic mass is 19.1. The summed E-state index contributed by atoms with van der Waals surface area (Å²) >= 11 is 0. The maximum absolute atomic E-state index is 13.7. The van der Waals surface area contributed by atoms with Gasteiger partial charge in [-0.3, -0.25) is 4.79 Å². The van der Waals surface area contributed by atoms with Gasteiger partial charge in [0.1, 0.15) is 12.4 Å². The van der Waals surface area contributed by atoms with Gasteiger partial charge < -0.3 is 4.74 Å². The first-order valence-corrected chi connectivity index (χ1v) is 6.36. The molecule has 102 valence electrons. The first-order valence-electron chi connectivity index (χ1n) is 6.36. The Morgan fingerprint density at radius 1 is 1.00 bits per heavy atom. The second kappa shape index (κ2) is 7.24. The van der Waals surface area contributed by atoms with Crippen molar-refractivity contribution in [3.05, 3.63) is 77.9 Å². The highest BCUT2D eigenvalue weighted by Crippen LogP contribution is 2.14. The Morgan fingerprint density at radius 3 is 2.25 bits per heavy atom. The third-order valence-electron chi connectivity index (χ3n) is 2.75. The van der Waals surface area contributed by atoms with E-state index >= 15 is 0 Å². The molecular weight excluding hydrogens is 255 g/mol. The molecule has 3 heteroatoms. The lowest BCUT2D eigenvalue weighted by Gasteiger charge is -2.02. The van der Waals surface area contributed by atoms with Crippen molar-refractivity contribution < 1.29 is 13.9 Å².